The lowest BCUT2D eigenvalue weighted by molar-refractivity contribution is 0.0526. The Bertz CT molecular complexity index is 176. The van der Waals surface area contributed by atoms with Gasteiger partial charge in [-0.25, -0.2) is 0 Å². The molecule has 0 aliphatic carbocycles. The van der Waals surface area contributed by atoms with Crippen molar-refractivity contribution in [1.82, 2.24) is 5.43 Å². The fourth-order valence-electron chi connectivity index (χ4n) is 1.98. The molecule has 1 aliphatic heterocycles. The fraction of sp³-hybridized carbons (Fsp3) is 0.818. The molecule has 1 fully saturated rings. The fourth-order valence-corrected chi connectivity index (χ4v) is 1.98. The summed E-state index contributed by atoms with van der Waals surface area (Å²) in [5.74, 6) is 6.24. The summed E-state index contributed by atoms with van der Waals surface area (Å²) in [6.07, 6.45) is 4.42. The smallest absolute Gasteiger partial charge is 0.0469 e. The molecule has 82 valence electrons. The highest BCUT2D eigenvalue weighted by Gasteiger charge is 2.22. The average molecular weight is 198 g/mol. The van der Waals surface area contributed by atoms with Crippen molar-refractivity contribution in [3.05, 3.63) is 12.2 Å². The molecule has 3 N–H and O–H groups in total. The van der Waals surface area contributed by atoms with Gasteiger partial charge in [-0.1, -0.05) is 5.57 Å². The zero-order chi connectivity index (χ0) is 10.4. The van der Waals surface area contributed by atoms with Crippen molar-refractivity contribution in [2.45, 2.75) is 38.6 Å². The molecule has 0 amide bonds. The van der Waals surface area contributed by atoms with Crippen LogP contribution in [0, 0.1) is 5.92 Å². The van der Waals surface area contributed by atoms with Crippen molar-refractivity contribution in [3.8, 4) is 0 Å². The summed E-state index contributed by atoms with van der Waals surface area (Å²) in [5, 5.41) is 0. The maximum Gasteiger partial charge on any atom is 0.0469 e. The van der Waals surface area contributed by atoms with Gasteiger partial charge in [0, 0.05) is 19.3 Å². The Morgan fingerprint density at radius 1 is 1.57 bits per heavy atom. The highest BCUT2D eigenvalue weighted by molar-refractivity contribution is 4.90. The zero-order valence-corrected chi connectivity index (χ0v) is 9.09. The van der Waals surface area contributed by atoms with Crippen LogP contribution in [0.1, 0.15) is 32.6 Å². The molecule has 0 spiro atoms. The highest BCUT2D eigenvalue weighted by atomic mass is 16.5. The minimum absolute atomic E-state index is 0.426. The Balaban J connectivity index is 2.31. The lowest BCUT2D eigenvalue weighted by Gasteiger charge is -2.29. The normalized spacial score (nSPS) is 20.7. The van der Waals surface area contributed by atoms with E-state index in [1.54, 1.807) is 0 Å². The largest absolute Gasteiger partial charge is 0.381 e. The van der Waals surface area contributed by atoms with Crippen molar-refractivity contribution >= 4 is 0 Å². The molecule has 3 heteroatoms. The molecule has 1 aliphatic rings. The van der Waals surface area contributed by atoms with Gasteiger partial charge in [0.1, 0.15) is 0 Å². The number of hydrazine groups is 1. The Morgan fingerprint density at radius 3 is 2.71 bits per heavy atom. The highest BCUT2D eigenvalue weighted by Crippen LogP contribution is 2.22. The molecule has 0 aromatic rings. The standard InChI is InChI=1S/C11H22N2O/c1-9(2)3-4-11(13-12)10-5-7-14-8-6-10/h10-11,13H,1,3-8,12H2,2H3. The van der Waals surface area contributed by atoms with Gasteiger partial charge >= 0.3 is 0 Å². The molecule has 0 bridgehead atoms. The molecule has 1 unspecified atom stereocenters. The van der Waals surface area contributed by atoms with E-state index in [0.29, 0.717) is 12.0 Å². The molecule has 0 saturated carbocycles. The van der Waals surface area contributed by atoms with Gasteiger partial charge in [-0.15, -0.1) is 6.58 Å². The SMILES string of the molecule is C=C(C)CCC(NN)C1CCOCC1. The van der Waals surface area contributed by atoms with E-state index in [4.69, 9.17) is 10.6 Å². The number of nitrogens with two attached hydrogens (primary N) is 1. The lowest BCUT2D eigenvalue weighted by Crippen LogP contribution is -2.42. The van der Waals surface area contributed by atoms with E-state index < -0.39 is 0 Å². The maximum absolute atomic E-state index is 5.57. The summed E-state index contributed by atoms with van der Waals surface area (Å²) in [4.78, 5) is 0. The molecule has 1 rings (SSSR count). The Kier molecular flexibility index (Phi) is 5.15. The summed E-state index contributed by atoms with van der Waals surface area (Å²) < 4.78 is 5.33. The summed E-state index contributed by atoms with van der Waals surface area (Å²) in [7, 11) is 0. The van der Waals surface area contributed by atoms with Gasteiger partial charge in [0.25, 0.3) is 0 Å². The predicted molar refractivity (Wildman–Crippen MR) is 58.7 cm³/mol. The first kappa shape index (κ1) is 11.7. The van der Waals surface area contributed by atoms with Crippen LogP contribution in [-0.2, 0) is 4.74 Å². The van der Waals surface area contributed by atoms with E-state index in [9.17, 15) is 0 Å². The summed E-state index contributed by atoms with van der Waals surface area (Å²) in [6.45, 7) is 7.75. The first-order valence-corrected chi connectivity index (χ1v) is 5.42. The van der Waals surface area contributed by atoms with Crippen LogP contribution < -0.4 is 11.3 Å². The molecule has 3 nitrogen and oxygen atoms in total. The summed E-state index contributed by atoms with van der Waals surface area (Å²) >= 11 is 0. The molecule has 0 aromatic carbocycles. The van der Waals surface area contributed by atoms with Crippen molar-refractivity contribution in [2.75, 3.05) is 13.2 Å². The van der Waals surface area contributed by atoms with Gasteiger partial charge in [0.2, 0.25) is 0 Å². The maximum atomic E-state index is 5.57. The number of rotatable bonds is 5. The van der Waals surface area contributed by atoms with E-state index in [1.165, 1.54) is 5.57 Å². The average Bonchev–Trinajstić information content (AvgIpc) is 2.20. The van der Waals surface area contributed by atoms with Crippen LogP contribution in [0.4, 0.5) is 0 Å². The van der Waals surface area contributed by atoms with E-state index >= 15 is 0 Å². The quantitative estimate of drug-likeness (QED) is 0.401. The van der Waals surface area contributed by atoms with Gasteiger partial charge in [-0.3, -0.25) is 11.3 Å². The van der Waals surface area contributed by atoms with Crippen molar-refractivity contribution in [1.29, 1.82) is 0 Å². The third-order valence-electron chi connectivity index (χ3n) is 2.93. The zero-order valence-electron chi connectivity index (χ0n) is 9.09. The summed E-state index contributed by atoms with van der Waals surface area (Å²) in [6, 6.07) is 0.426. The second-order valence-electron chi connectivity index (χ2n) is 4.22. The molecular formula is C11H22N2O. The Labute approximate surface area is 86.7 Å². The third kappa shape index (κ3) is 3.78. The predicted octanol–water partition coefficient (Wildman–Crippen LogP) is 1.60. The first-order valence-electron chi connectivity index (χ1n) is 5.42. The van der Waals surface area contributed by atoms with E-state index in [-0.39, 0.29) is 0 Å². The van der Waals surface area contributed by atoms with Gasteiger partial charge in [0.05, 0.1) is 0 Å². The second-order valence-corrected chi connectivity index (χ2v) is 4.22. The van der Waals surface area contributed by atoms with Gasteiger partial charge in [0.15, 0.2) is 0 Å². The minimum Gasteiger partial charge on any atom is -0.381 e. The van der Waals surface area contributed by atoms with Crippen LogP contribution >= 0.6 is 0 Å². The van der Waals surface area contributed by atoms with Crippen LogP contribution in [-0.4, -0.2) is 19.3 Å². The Hall–Kier alpha value is -0.380. The second kappa shape index (κ2) is 6.17. The summed E-state index contributed by atoms with van der Waals surface area (Å²) in [5.41, 5.74) is 4.16. The van der Waals surface area contributed by atoms with Gasteiger partial charge in [-0.05, 0) is 38.5 Å². The van der Waals surface area contributed by atoms with Crippen molar-refractivity contribution in [2.24, 2.45) is 11.8 Å². The van der Waals surface area contributed by atoms with E-state index in [0.717, 1.165) is 38.9 Å². The molecule has 0 aromatic heterocycles. The van der Waals surface area contributed by atoms with Crippen LogP contribution in [0.2, 0.25) is 0 Å². The van der Waals surface area contributed by atoms with Crippen molar-refractivity contribution in [3.63, 3.8) is 0 Å². The number of nitrogens with one attached hydrogen (secondary N) is 1. The van der Waals surface area contributed by atoms with Crippen LogP contribution in [0.25, 0.3) is 0 Å². The van der Waals surface area contributed by atoms with Crippen LogP contribution in [0.5, 0.6) is 0 Å². The van der Waals surface area contributed by atoms with Crippen LogP contribution in [0.3, 0.4) is 0 Å². The number of hydrogen-bond acceptors (Lipinski definition) is 3. The van der Waals surface area contributed by atoms with E-state index in [2.05, 4.69) is 18.9 Å². The molecule has 0 radical (unpaired) electrons. The number of hydrogen-bond donors (Lipinski definition) is 2. The van der Waals surface area contributed by atoms with Crippen LogP contribution in [0.15, 0.2) is 12.2 Å². The third-order valence-corrected chi connectivity index (χ3v) is 2.93. The van der Waals surface area contributed by atoms with Crippen molar-refractivity contribution < 1.29 is 4.74 Å². The number of allylic oxidation sites excluding steroid dienone is 1. The molecule has 1 saturated heterocycles. The number of ether oxygens (including phenoxy) is 1. The van der Waals surface area contributed by atoms with E-state index in [1.807, 2.05) is 0 Å². The van der Waals surface area contributed by atoms with Gasteiger partial charge in [-0.2, -0.15) is 0 Å². The topological polar surface area (TPSA) is 47.3 Å². The monoisotopic (exact) mass is 198 g/mol. The lowest BCUT2D eigenvalue weighted by atomic mass is 9.88. The molecule has 1 atom stereocenters. The molecular weight excluding hydrogens is 176 g/mol. The molecule has 1 heterocycles. The Morgan fingerprint density at radius 2 is 2.21 bits per heavy atom. The molecule has 14 heavy (non-hydrogen) atoms. The minimum atomic E-state index is 0.426. The first-order chi connectivity index (χ1) is 6.74. The van der Waals surface area contributed by atoms with Gasteiger partial charge < -0.3 is 4.74 Å².